The van der Waals surface area contributed by atoms with Crippen molar-refractivity contribution in [2.45, 2.75) is 39.5 Å². The van der Waals surface area contributed by atoms with Crippen molar-refractivity contribution in [2.75, 3.05) is 26.9 Å². The van der Waals surface area contributed by atoms with Gasteiger partial charge in [-0.3, -0.25) is 0 Å². The molecule has 0 saturated heterocycles. The van der Waals surface area contributed by atoms with Gasteiger partial charge < -0.3 is 19.0 Å². The van der Waals surface area contributed by atoms with E-state index < -0.39 is 5.97 Å². The van der Waals surface area contributed by atoms with Crippen molar-refractivity contribution in [3.63, 3.8) is 0 Å². The number of methoxy groups -OCH3 is 1. The maximum absolute atomic E-state index is 12.2. The molecule has 0 heterocycles. The van der Waals surface area contributed by atoms with Gasteiger partial charge in [0.25, 0.3) is 0 Å². The minimum absolute atomic E-state index is 0.119. The van der Waals surface area contributed by atoms with Crippen LogP contribution < -0.4 is 9.47 Å². The highest BCUT2D eigenvalue weighted by Crippen LogP contribution is 2.31. The van der Waals surface area contributed by atoms with Gasteiger partial charge in [-0.05, 0) is 25.0 Å². The van der Waals surface area contributed by atoms with Crippen LogP contribution in [-0.4, -0.2) is 39.1 Å². The predicted molar refractivity (Wildman–Crippen MR) is 93.0 cm³/mol. The van der Waals surface area contributed by atoms with Crippen LogP contribution in [0.25, 0.3) is 0 Å². The number of hydrogen-bond donors (Lipinski definition) is 0. The largest absolute Gasteiger partial charge is 0.493 e. The Morgan fingerprint density at radius 3 is 2.71 bits per heavy atom. The van der Waals surface area contributed by atoms with Crippen molar-refractivity contribution in [3.05, 3.63) is 23.8 Å². The van der Waals surface area contributed by atoms with Gasteiger partial charge in [-0.1, -0.05) is 37.9 Å². The average molecular weight is 337 g/mol. The van der Waals surface area contributed by atoms with Gasteiger partial charge in [-0.25, -0.2) is 4.79 Å². The summed E-state index contributed by atoms with van der Waals surface area (Å²) >= 11 is 0. The second kappa shape index (κ2) is 12.2. The average Bonchev–Trinajstić information content (AvgIpc) is 2.61. The predicted octanol–water partition coefficient (Wildman–Crippen LogP) is 3.83. The maximum atomic E-state index is 12.2. The van der Waals surface area contributed by atoms with E-state index in [1.165, 1.54) is 0 Å². The standard InChI is InChI=1S/C18H27NO5/c1-4-6-11-19-24-14-13-23-18(20)15-9-8-10-16(21-3)17(15)22-12-7-5-2/h8-11H,4-7,12-14H2,1-3H3/b19-11-. The quantitative estimate of drug-likeness (QED) is 0.251. The number of ether oxygens (including phenoxy) is 3. The topological polar surface area (TPSA) is 66.4 Å². The van der Waals surface area contributed by atoms with E-state index in [-0.39, 0.29) is 13.2 Å². The third-order valence-corrected chi connectivity index (χ3v) is 3.14. The number of rotatable bonds is 12. The minimum atomic E-state index is -0.471. The first-order valence-electron chi connectivity index (χ1n) is 8.35. The summed E-state index contributed by atoms with van der Waals surface area (Å²) in [4.78, 5) is 17.3. The zero-order chi connectivity index (χ0) is 17.6. The Balaban J connectivity index is 2.58. The number of para-hydroxylation sites is 1. The molecule has 0 aliphatic rings. The monoisotopic (exact) mass is 337 g/mol. The molecule has 0 spiro atoms. The first-order valence-corrected chi connectivity index (χ1v) is 8.35. The highest BCUT2D eigenvalue weighted by Gasteiger charge is 2.18. The van der Waals surface area contributed by atoms with Crippen LogP contribution in [0.4, 0.5) is 0 Å². The molecule has 0 radical (unpaired) electrons. The van der Waals surface area contributed by atoms with Crippen LogP contribution in [0.2, 0.25) is 0 Å². The molecule has 0 saturated carbocycles. The van der Waals surface area contributed by atoms with E-state index in [0.29, 0.717) is 23.7 Å². The fourth-order valence-corrected chi connectivity index (χ4v) is 1.84. The maximum Gasteiger partial charge on any atom is 0.342 e. The lowest BCUT2D eigenvalue weighted by Gasteiger charge is -2.14. The van der Waals surface area contributed by atoms with E-state index in [4.69, 9.17) is 19.0 Å². The molecule has 6 nitrogen and oxygen atoms in total. The van der Waals surface area contributed by atoms with E-state index in [2.05, 4.69) is 19.0 Å². The van der Waals surface area contributed by atoms with E-state index >= 15 is 0 Å². The first kappa shape index (κ1) is 19.8. The normalized spacial score (nSPS) is 10.6. The van der Waals surface area contributed by atoms with Crippen molar-refractivity contribution in [1.82, 2.24) is 0 Å². The molecular weight excluding hydrogens is 310 g/mol. The molecule has 1 rings (SSSR count). The van der Waals surface area contributed by atoms with Crippen molar-refractivity contribution >= 4 is 12.2 Å². The molecule has 1 aromatic carbocycles. The van der Waals surface area contributed by atoms with Gasteiger partial charge in [0.15, 0.2) is 18.1 Å². The molecule has 0 unspecified atom stereocenters. The molecule has 0 aliphatic carbocycles. The molecule has 0 aliphatic heterocycles. The Morgan fingerprint density at radius 1 is 1.17 bits per heavy atom. The summed E-state index contributed by atoms with van der Waals surface area (Å²) in [5, 5.41) is 3.76. The van der Waals surface area contributed by atoms with Crippen LogP contribution in [0.5, 0.6) is 11.5 Å². The lowest BCUT2D eigenvalue weighted by atomic mass is 10.2. The smallest absolute Gasteiger partial charge is 0.342 e. The van der Waals surface area contributed by atoms with E-state index in [1.807, 2.05) is 0 Å². The van der Waals surface area contributed by atoms with Gasteiger partial charge in [0.2, 0.25) is 0 Å². The summed E-state index contributed by atoms with van der Waals surface area (Å²) in [5.41, 5.74) is 0.347. The van der Waals surface area contributed by atoms with Crippen LogP contribution in [0.1, 0.15) is 49.9 Å². The summed E-state index contributed by atoms with van der Waals surface area (Å²) in [6.45, 7) is 4.98. The third kappa shape index (κ3) is 6.89. The van der Waals surface area contributed by atoms with Crippen molar-refractivity contribution in [3.8, 4) is 11.5 Å². The Hall–Kier alpha value is -2.24. The van der Waals surface area contributed by atoms with Crippen molar-refractivity contribution in [2.24, 2.45) is 5.16 Å². The SMILES string of the molecule is CCC/C=N\OCCOC(=O)c1cccc(OC)c1OCCCC. The van der Waals surface area contributed by atoms with E-state index in [0.717, 1.165) is 25.7 Å². The molecule has 0 atom stereocenters. The number of hydrogen-bond acceptors (Lipinski definition) is 6. The molecule has 6 heteroatoms. The summed E-state index contributed by atoms with van der Waals surface area (Å²) < 4.78 is 16.2. The minimum Gasteiger partial charge on any atom is -0.493 e. The highest BCUT2D eigenvalue weighted by atomic mass is 16.6. The van der Waals surface area contributed by atoms with Gasteiger partial charge in [0.05, 0.1) is 13.7 Å². The fourth-order valence-electron chi connectivity index (χ4n) is 1.84. The summed E-state index contributed by atoms with van der Waals surface area (Å²) in [6, 6.07) is 5.14. The molecular formula is C18H27NO5. The lowest BCUT2D eigenvalue weighted by Crippen LogP contribution is -2.12. The van der Waals surface area contributed by atoms with Gasteiger partial charge in [-0.15, -0.1) is 0 Å². The number of unbranched alkanes of at least 4 members (excludes halogenated alkanes) is 2. The third-order valence-electron chi connectivity index (χ3n) is 3.14. The highest BCUT2D eigenvalue weighted by molar-refractivity contribution is 5.93. The van der Waals surface area contributed by atoms with Crippen LogP contribution >= 0.6 is 0 Å². The van der Waals surface area contributed by atoms with E-state index in [1.54, 1.807) is 31.5 Å². The second-order valence-electron chi connectivity index (χ2n) is 5.08. The Labute approximate surface area is 143 Å². The van der Waals surface area contributed by atoms with Crippen molar-refractivity contribution < 1.29 is 23.8 Å². The fraction of sp³-hybridized carbons (Fsp3) is 0.556. The molecule has 134 valence electrons. The first-order chi connectivity index (χ1) is 11.7. The molecule has 0 fully saturated rings. The van der Waals surface area contributed by atoms with Crippen LogP contribution in [0.15, 0.2) is 23.4 Å². The second-order valence-corrected chi connectivity index (χ2v) is 5.08. The molecule has 0 bridgehead atoms. The van der Waals surface area contributed by atoms with Gasteiger partial charge in [0.1, 0.15) is 12.2 Å². The lowest BCUT2D eigenvalue weighted by molar-refractivity contribution is 0.0325. The number of esters is 1. The number of nitrogens with zero attached hydrogens (tertiary/aromatic N) is 1. The molecule has 0 N–H and O–H groups in total. The molecule has 0 amide bonds. The zero-order valence-electron chi connectivity index (χ0n) is 14.7. The van der Waals surface area contributed by atoms with Gasteiger partial charge in [0, 0.05) is 6.21 Å². The summed E-state index contributed by atoms with van der Waals surface area (Å²) in [5.74, 6) is 0.461. The molecule has 1 aromatic rings. The molecule has 24 heavy (non-hydrogen) atoms. The number of benzene rings is 1. The molecule has 0 aromatic heterocycles. The Morgan fingerprint density at radius 2 is 2.00 bits per heavy atom. The number of oxime groups is 1. The van der Waals surface area contributed by atoms with Crippen LogP contribution in [0.3, 0.4) is 0 Å². The number of carbonyl (C=O) groups is 1. The van der Waals surface area contributed by atoms with Gasteiger partial charge >= 0.3 is 5.97 Å². The van der Waals surface area contributed by atoms with Crippen molar-refractivity contribution in [1.29, 1.82) is 0 Å². The van der Waals surface area contributed by atoms with Gasteiger partial charge in [-0.2, -0.15) is 0 Å². The van der Waals surface area contributed by atoms with E-state index in [9.17, 15) is 4.79 Å². The van der Waals surface area contributed by atoms with Crippen LogP contribution in [-0.2, 0) is 9.57 Å². The summed E-state index contributed by atoms with van der Waals surface area (Å²) in [7, 11) is 1.54. The van der Waals surface area contributed by atoms with Crippen LogP contribution in [0, 0.1) is 0 Å². The summed E-state index contributed by atoms with van der Waals surface area (Å²) in [6.07, 6.45) is 5.48. The Kier molecular flexibility index (Phi) is 10.1. The number of carbonyl (C=O) groups excluding carboxylic acids is 1. The zero-order valence-corrected chi connectivity index (χ0v) is 14.7. The Bertz CT molecular complexity index is 516.